The summed E-state index contributed by atoms with van der Waals surface area (Å²) in [6.45, 7) is 1.90. The number of hydrogen-bond acceptors (Lipinski definition) is 5. The molecule has 1 fully saturated rings. The Bertz CT molecular complexity index is 593. The molecule has 2 aromatic heterocycles. The molecule has 1 saturated carbocycles. The van der Waals surface area contributed by atoms with Crippen molar-refractivity contribution in [2.45, 2.75) is 42.6 Å². The van der Waals surface area contributed by atoms with Crippen molar-refractivity contribution in [2.24, 2.45) is 0 Å². The first-order chi connectivity index (χ1) is 9.28. The van der Waals surface area contributed by atoms with Gasteiger partial charge in [-0.25, -0.2) is 0 Å². The standard InChI is InChI=1S/C13H14N4S2/c1-9(8-14)19-13-16-15-12(17(13)10-4-5-10)7-11-3-2-6-18-11/h2-3,6,9-10H,4-5,7H2,1H3. The van der Waals surface area contributed by atoms with Crippen LogP contribution in [0.4, 0.5) is 0 Å². The molecule has 2 heterocycles. The second-order valence-corrected chi connectivity index (χ2v) is 6.99. The van der Waals surface area contributed by atoms with Gasteiger partial charge in [-0.2, -0.15) is 5.26 Å². The number of thiophene rings is 1. The van der Waals surface area contributed by atoms with E-state index in [9.17, 15) is 0 Å². The third kappa shape index (κ3) is 2.82. The molecule has 0 aliphatic heterocycles. The van der Waals surface area contributed by atoms with Crippen LogP contribution < -0.4 is 0 Å². The second kappa shape index (κ2) is 5.35. The molecule has 3 rings (SSSR count). The van der Waals surface area contributed by atoms with Crippen LogP contribution in [0.25, 0.3) is 0 Å². The smallest absolute Gasteiger partial charge is 0.192 e. The Kier molecular flexibility index (Phi) is 3.58. The molecule has 98 valence electrons. The van der Waals surface area contributed by atoms with Crippen LogP contribution >= 0.6 is 23.1 Å². The van der Waals surface area contributed by atoms with Crippen LogP contribution in [0.5, 0.6) is 0 Å². The molecule has 0 bridgehead atoms. The van der Waals surface area contributed by atoms with Gasteiger partial charge < -0.3 is 4.57 Å². The van der Waals surface area contributed by atoms with Crippen LogP contribution in [0.1, 0.15) is 36.5 Å². The molecule has 1 atom stereocenters. The van der Waals surface area contributed by atoms with Crippen molar-refractivity contribution in [3.63, 3.8) is 0 Å². The van der Waals surface area contributed by atoms with E-state index in [2.05, 4.69) is 38.3 Å². The molecule has 0 aromatic carbocycles. The molecule has 0 amide bonds. The minimum atomic E-state index is -0.0868. The van der Waals surface area contributed by atoms with Crippen molar-refractivity contribution >= 4 is 23.1 Å². The van der Waals surface area contributed by atoms with Crippen molar-refractivity contribution in [2.75, 3.05) is 0 Å². The van der Waals surface area contributed by atoms with Crippen LogP contribution in [-0.4, -0.2) is 20.0 Å². The Morgan fingerprint density at radius 1 is 1.58 bits per heavy atom. The average molecular weight is 290 g/mol. The molecule has 2 aromatic rings. The lowest BCUT2D eigenvalue weighted by Crippen LogP contribution is -2.04. The highest BCUT2D eigenvalue weighted by molar-refractivity contribution is 8.00. The van der Waals surface area contributed by atoms with Crippen molar-refractivity contribution in [3.05, 3.63) is 28.2 Å². The average Bonchev–Trinajstić information content (AvgIpc) is 2.97. The molecular formula is C13H14N4S2. The molecule has 0 radical (unpaired) electrons. The molecule has 0 spiro atoms. The summed E-state index contributed by atoms with van der Waals surface area (Å²) in [4.78, 5) is 1.30. The van der Waals surface area contributed by atoms with Crippen molar-refractivity contribution < 1.29 is 0 Å². The summed E-state index contributed by atoms with van der Waals surface area (Å²) in [5, 5.41) is 20.4. The summed E-state index contributed by atoms with van der Waals surface area (Å²) in [5.41, 5.74) is 0. The maximum absolute atomic E-state index is 8.93. The zero-order valence-corrected chi connectivity index (χ0v) is 12.2. The van der Waals surface area contributed by atoms with Gasteiger partial charge >= 0.3 is 0 Å². The number of rotatable bonds is 5. The van der Waals surface area contributed by atoms with Gasteiger partial charge in [0, 0.05) is 17.3 Å². The fraction of sp³-hybridized carbons (Fsp3) is 0.462. The second-order valence-electron chi connectivity index (χ2n) is 4.65. The van der Waals surface area contributed by atoms with Gasteiger partial charge in [-0.05, 0) is 31.2 Å². The molecule has 6 heteroatoms. The number of nitriles is 1. The van der Waals surface area contributed by atoms with E-state index in [1.54, 1.807) is 11.3 Å². The highest BCUT2D eigenvalue weighted by Crippen LogP contribution is 2.39. The minimum absolute atomic E-state index is 0.0868. The van der Waals surface area contributed by atoms with Crippen molar-refractivity contribution in [1.82, 2.24) is 14.8 Å². The maximum atomic E-state index is 8.93. The lowest BCUT2D eigenvalue weighted by Gasteiger charge is -2.08. The Labute approximate surface area is 120 Å². The quantitative estimate of drug-likeness (QED) is 0.793. The Morgan fingerprint density at radius 2 is 2.42 bits per heavy atom. The van der Waals surface area contributed by atoms with Crippen LogP contribution in [-0.2, 0) is 6.42 Å². The molecule has 0 saturated heterocycles. The third-order valence-electron chi connectivity index (χ3n) is 3.02. The summed E-state index contributed by atoms with van der Waals surface area (Å²) in [6.07, 6.45) is 3.23. The van der Waals surface area contributed by atoms with E-state index in [0.29, 0.717) is 6.04 Å². The van der Waals surface area contributed by atoms with Crippen molar-refractivity contribution in [1.29, 1.82) is 5.26 Å². The lowest BCUT2D eigenvalue weighted by atomic mass is 10.3. The van der Waals surface area contributed by atoms with E-state index in [1.165, 1.54) is 29.5 Å². The van der Waals surface area contributed by atoms with Crippen LogP contribution in [0.2, 0.25) is 0 Å². The van der Waals surface area contributed by atoms with E-state index in [0.717, 1.165) is 17.4 Å². The predicted octanol–water partition coefficient (Wildman–Crippen LogP) is 3.27. The molecule has 0 N–H and O–H groups in total. The summed E-state index contributed by atoms with van der Waals surface area (Å²) < 4.78 is 2.23. The van der Waals surface area contributed by atoms with E-state index < -0.39 is 0 Å². The normalized spacial score (nSPS) is 16.2. The molecule has 1 unspecified atom stereocenters. The fourth-order valence-electron chi connectivity index (χ4n) is 1.96. The van der Waals surface area contributed by atoms with E-state index in [4.69, 9.17) is 5.26 Å². The Hall–Kier alpha value is -1.32. The Balaban J connectivity index is 1.86. The lowest BCUT2D eigenvalue weighted by molar-refractivity contribution is 0.634. The summed E-state index contributed by atoms with van der Waals surface area (Å²) in [6, 6.07) is 6.97. The largest absolute Gasteiger partial charge is 0.303 e. The Morgan fingerprint density at radius 3 is 3.05 bits per heavy atom. The van der Waals surface area contributed by atoms with E-state index in [1.807, 2.05) is 6.92 Å². The first-order valence-electron chi connectivity index (χ1n) is 6.30. The van der Waals surface area contributed by atoms with E-state index >= 15 is 0 Å². The predicted molar refractivity (Wildman–Crippen MR) is 76.4 cm³/mol. The fourth-order valence-corrected chi connectivity index (χ4v) is 3.49. The van der Waals surface area contributed by atoms with Crippen molar-refractivity contribution in [3.8, 4) is 6.07 Å². The van der Waals surface area contributed by atoms with Crippen LogP contribution in [0.3, 0.4) is 0 Å². The monoisotopic (exact) mass is 290 g/mol. The van der Waals surface area contributed by atoms with Gasteiger partial charge in [0.2, 0.25) is 0 Å². The molecule has 1 aliphatic rings. The minimum Gasteiger partial charge on any atom is -0.303 e. The number of aromatic nitrogens is 3. The topological polar surface area (TPSA) is 54.5 Å². The highest BCUT2D eigenvalue weighted by atomic mass is 32.2. The first-order valence-corrected chi connectivity index (χ1v) is 8.06. The van der Waals surface area contributed by atoms with Crippen LogP contribution in [0, 0.1) is 11.3 Å². The maximum Gasteiger partial charge on any atom is 0.192 e. The SMILES string of the molecule is CC(C#N)Sc1nnc(Cc2cccs2)n1C1CC1. The number of nitrogens with zero attached hydrogens (tertiary/aromatic N) is 4. The van der Waals surface area contributed by atoms with Gasteiger partial charge in [0.1, 0.15) is 5.82 Å². The zero-order chi connectivity index (χ0) is 13.2. The molecule has 1 aliphatic carbocycles. The van der Waals surface area contributed by atoms with Gasteiger partial charge in [0.05, 0.1) is 11.3 Å². The zero-order valence-electron chi connectivity index (χ0n) is 10.6. The van der Waals surface area contributed by atoms with E-state index in [-0.39, 0.29) is 5.25 Å². The third-order valence-corrected chi connectivity index (χ3v) is 4.85. The first kappa shape index (κ1) is 12.7. The van der Waals surface area contributed by atoms with Gasteiger partial charge in [0.25, 0.3) is 0 Å². The van der Waals surface area contributed by atoms with Crippen LogP contribution in [0.15, 0.2) is 22.7 Å². The summed E-state index contributed by atoms with van der Waals surface area (Å²) in [5.74, 6) is 1.03. The van der Waals surface area contributed by atoms with Gasteiger partial charge in [-0.3, -0.25) is 0 Å². The highest BCUT2D eigenvalue weighted by Gasteiger charge is 2.30. The van der Waals surface area contributed by atoms with Gasteiger partial charge in [-0.15, -0.1) is 21.5 Å². The summed E-state index contributed by atoms with van der Waals surface area (Å²) in [7, 11) is 0. The number of hydrogen-bond donors (Lipinski definition) is 0. The molecule has 4 nitrogen and oxygen atoms in total. The number of thioether (sulfide) groups is 1. The molecule has 19 heavy (non-hydrogen) atoms. The van der Waals surface area contributed by atoms with Gasteiger partial charge in [-0.1, -0.05) is 17.8 Å². The summed E-state index contributed by atoms with van der Waals surface area (Å²) >= 11 is 3.25. The van der Waals surface area contributed by atoms with Gasteiger partial charge in [0.15, 0.2) is 5.16 Å². The molecular weight excluding hydrogens is 276 g/mol.